The van der Waals surface area contributed by atoms with E-state index in [0.717, 1.165) is 4.90 Å². The Bertz CT molecular complexity index is 806. The van der Waals surface area contributed by atoms with Crippen molar-refractivity contribution in [1.82, 2.24) is 4.90 Å². The lowest BCUT2D eigenvalue weighted by molar-refractivity contribution is -0.327. The topological polar surface area (TPSA) is 108 Å². The Morgan fingerprint density at radius 1 is 1.23 bits per heavy atom. The zero-order chi connectivity index (χ0) is 22.5. The largest absolute Gasteiger partial charge is 0.544 e. The molecule has 1 aliphatic heterocycles. The molecule has 2 amide bonds. The normalized spacial score (nSPS) is 19.2. The number of carbonyl (C=O) groups is 2. The van der Waals surface area contributed by atoms with Crippen LogP contribution < -0.4 is 5.06 Å². The van der Waals surface area contributed by atoms with Gasteiger partial charge in [0.1, 0.15) is 11.6 Å². The Balaban J connectivity index is 2.38. The number of hydroxylamine groups is 1. The van der Waals surface area contributed by atoms with Crippen molar-refractivity contribution < 1.29 is 32.3 Å². The lowest BCUT2D eigenvalue weighted by atomic mass is 10.2. The van der Waals surface area contributed by atoms with Crippen LogP contribution in [0.4, 0.5) is 23.7 Å². The first-order chi connectivity index (χ1) is 13.9. The molecule has 0 aromatic heterocycles. The van der Waals surface area contributed by atoms with Crippen LogP contribution >= 0.6 is 0 Å². The van der Waals surface area contributed by atoms with Gasteiger partial charge in [0.05, 0.1) is 5.69 Å². The van der Waals surface area contributed by atoms with E-state index in [2.05, 4.69) is 14.9 Å². The van der Waals surface area contributed by atoms with Gasteiger partial charge < -0.3 is 4.74 Å². The van der Waals surface area contributed by atoms with E-state index in [4.69, 9.17) is 10.3 Å². The van der Waals surface area contributed by atoms with E-state index in [1.807, 2.05) is 0 Å². The highest BCUT2D eigenvalue weighted by atomic mass is 19.4. The summed E-state index contributed by atoms with van der Waals surface area (Å²) in [5, 5.41) is 3.56. The van der Waals surface area contributed by atoms with Gasteiger partial charge in [-0.1, -0.05) is 23.3 Å². The molecule has 0 spiro atoms. The highest BCUT2D eigenvalue weighted by molar-refractivity contribution is 5.97. The summed E-state index contributed by atoms with van der Waals surface area (Å²) in [5.74, 6) is -1.09. The first-order valence-corrected chi connectivity index (χ1v) is 9.10. The van der Waals surface area contributed by atoms with Gasteiger partial charge in [-0.15, -0.1) is 13.2 Å². The second kappa shape index (κ2) is 9.23. The fourth-order valence-corrected chi connectivity index (χ4v) is 3.05. The number of halogens is 3. The molecule has 2 rings (SSSR count). The van der Waals surface area contributed by atoms with Crippen molar-refractivity contribution in [3.05, 3.63) is 40.8 Å². The molecule has 1 aromatic carbocycles. The standard InChI is InChI=1S/C18H22F3N5O4/c1-17(2,3)29-16(28)25-13(11-23-24-22)9-10-14(25)15(27)26(30-18(19,20)21)12-7-5-4-6-8-12/h4-8,13-14H,9-11H2,1-3H3. The van der Waals surface area contributed by atoms with Crippen molar-refractivity contribution in [2.45, 2.75) is 57.7 Å². The smallest absolute Gasteiger partial charge is 0.444 e. The number of amides is 2. The number of para-hydroxylation sites is 1. The fourth-order valence-electron chi connectivity index (χ4n) is 3.05. The van der Waals surface area contributed by atoms with Crippen LogP contribution in [0.25, 0.3) is 10.4 Å². The number of ether oxygens (including phenoxy) is 1. The Labute approximate surface area is 170 Å². The molecule has 0 radical (unpaired) electrons. The third-order valence-electron chi connectivity index (χ3n) is 4.13. The number of benzene rings is 1. The van der Waals surface area contributed by atoms with Crippen molar-refractivity contribution in [3.63, 3.8) is 0 Å². The summed E-state index contributed by atoms with van der Waals surface area (Å²) in [6.07, 6.45) is -5.74. The molecule has 1 saturated heterocycles. The number of nitrogens with zero attached hydrogens (tertiary/aromatic N) is 5. The predicted octanol–water partition coefficient (Wildman–Crippen LogP) is 4.55. The van der Waals surface area contributed by atoms with Gasteiger partial charge in [-0.25, -0.2) is 4.79 Å². The first-order valence-electron chi connectivity index (χ1n) is 9.10. The van der Waals surface area contributed by atoms with E-state index in [1.54, 1.807) is 26.8 Å². The SMILES string of the molecule is CC(C)(C)OC(=O)N1C(CN=[N+]=[N-])CCC1C(=O)N(OC(F)(F)F)c1ccccc1. The number of hydrogen-bond acceptors (Lipinski definition) is 5. The predicted molar refractivity (Wildman–Crippen MR) is 100.0 cm³/mol. The molecule has 0 N–H and O–H groups in total. The molecule has 9 nitrogen and oxygen atoms in total. The Kier molecular flexibility index (Phi) is 7.16. The van der Waals surface area contributed by atoms with E-state index >= 15 is 0 Å². The van der Waals surface area contributed by atoms with Gasteiger partial charge in [-0.05, 0) is 51.3 Å². The number of alkyl halides is 3. The summed E-state index contributed by atoms with van der Waals surface area (Å²) >= 11 is 0. The zero-order valence-electron chi connectivity index (χ0n) is 16.7. The average Bonchev–Trinajstić information content (AvgIpc) is 3.06. The third kappa shape index (κ3) is 6.26. The third-order valence-corrected chi connectivity index (χ3v) is 4.13. The zero-order valence-corrected chi connectivity index (χ0v) is 16.7. The second-order valence-corrected chi connectivity index (χ2v) is 7.55. The van der Waals surface area contributed by atoms with Gasteiger partial charge in [0.25, 0.3) is 5.91 Å². The van der Waals surface area contributed by atoms with Crippen LogP contribution in [0.5, 0.6) is 0 Å². The molecule has 1 heterocycles. The van der Waals surface area contributed by atoms with Crippen LogP contribution in [0.3, 0.4) is 0 Å². The Hall–Kier alpha value is -2.98. The van der Waals surface area contributed by atoms with Crippen LogP contribution in [-0.4, -0.2) is 47.5 Å². The molecule has 30 heavy (non-hydrogen) atoms. The monoisotopic (exact) mass is 429 g/mol. The van der Waals surface area contributed by atoms with Gasteiger partial charge >= 0.3 is 12.5 Å². The van der Waals surface area contributed by atoms with E-state index in [9.17, 15) is 22.8 Å². The molecule has 0 aliphatic carbocycles. The molecule has 1 aromatic rings. The van der Waals surface area contributed by atoms with Crippen LogP contribution in [-0.2, 0) is 14.4 Å². The highest BCUT2D eigenvalue weighted by Gasteiger charge is 2.47. The number of hydrogen-bond donors (Lipinski definition) is 0. The van der Waals surface area contributed by atoms with Gasteiger partial charge in [-0.3, -0.25) is 9.69 Å². The van der Waals surface area contributed by atoms with Crippen molar-refractivity contribution in [2.24, 2.45) is 5.11 Å². The van der Waals surface area contributed by atoms with Crippen molar-refractivity contribution in [2.75, 3.05) is 11.6 Å². The minimum Gasteiger partial charge on any atom is -0.444 e. The maximum absolute atomic E-state index is 13.1. The van der Waals surface area contributed by atoms with Gasteiger partial charge in [0.2, 0.25) is 0 Å². The Morgan fingerprint density at radius 2 is 1.87 bits per heavy atom. The molecule has 1 aliphatic rings. The lowest BCUT2D eigenvalue weighted by Crippen LogP contribution is -2.53. The molecule has 164 valence electrons. The summed E-state index contributed by atoms with van der Waals surface area (Å²) in [7, 11) is 0. The first kappa shape index (κ1) is 23.3. The van der Waals surface area contributed by atoms with Gasteiger partial charge in [-0.2, -0.15) is 9.90 Å². The molecule has 0 bridgehead atoms. The summed E-state index contributed by atoms with van der Waals surface area (Å²) in [6, 6.07) is 5.01. The molecule has 0 saturated carbocycles. The molecule has 1 fully saturated rings. The molecule has 2 unspecified atom stereocenters. The van der Waals surface area contributed by atoms with E-state index in [1.165, 1.54) is 24.3 Å². The quantitative estimate of drug-likeness (QED) is 0.296. The van der Waals surface area contributed by atoms with E-state index < -0.39 is 36.0 Å². The summed E-state index contributed by atoms with van der Waals surface area (Å²) in [5.41, 5.74) is 7.53. The Morgan fingerprint density at radius 3 is 2.40 bits per heavy atom. The molecule has 2 atom stereocenters. The van der Waals surface area contributed by atoms with Crippen molar-refractivity contribution >= 4 is 17.7 Å². The average molecular weight is 429 g/mol. The van der Waals surface area contributed by atoms with Gasteiger partial charge in [0, 0.05) is 17.5 Å². The number of azide groups is 1. The van der Waals surface area contributed by atoms with Crippen LogP contribution in [0, 0.1) is 0 Å². The molecule has 12 heteroatoms. The van der Waals surface area contributed by atoms with Crippen LogP contribution in [0.1, 0.15) is 33.6 Å². The van der Waals surface area contributed by atoms with E-state index in [0.29, 0.717) is 0 Å². The minimum atomic E-state index is -5.13. The second-order valence-electron chi connectivity index (χ2n) is 7.55. The van der Waals surface area contributed by atoms with Crippen molar-refractivity contribution in [1.29, 1.82) is 0 Å². The number of carbonyl (C=O) groups excluding carboxylic acids is 2. The van der Waals surface area contributed by atoms with Crippen LogP contribution in [0.15, 0.2) is 35.4 Å². The van der Waals surface area contributed by atoms with E-state index in [-0.39, 0.29) is 30.1 Å². The van der Waals surface area contributed by atoms with Gasteiger partial charge in [0.15, 0.2) is 0 Å². The summed E-state index contributed by atoms with van der Waals surface area (Å²) < 4.78 is 44.3. The molecular weight excluding hydrogens is 407 g/mol. The van der Waals surface area contributed by atoms with Crippen LogP contribution in [0.2, 0.25) is 0 Å². The lowest BCUT2D eigenvalue weighted by Gasteiger charge is -2.33. The highest BCUT2D eigenvalue weighted by Crippen LogP contribution is 2.31. The number of anilines is 1. The number of likely N-dealkylation sites (tertiary alicyclic amines) is 1. The van der Waals surface area contributed by atoms with Crippen molar-refractivity contribution in [3.8, 4) is 0 Å². The number of rotatable bonds is 5. The maximum atomic E-state index is 13.1. The maximum Gasteiger partial charge on any atom is 0.544 e. The summed E-state index contributed by atoms with van der Waals surface area (Å²) in [4.78, 5) is 33.4. The minimum absolute atomic E-state index is 0.0498. The summed E-state index contributed by atoms with van der Waals surface area (Å²) in [6.45, 7) is 4.70. The fraction of sp³-hybridized carbons (Fsp3) is 0.556. The molecular formula is C18H22F3N5O4.